The first kappa shape index (κ1) is 21.8. The maximum Gasteiger partial charge on any atom is 0.269 e. The Bertz CT molecular complexity index is 1000. The van der Waals surface area contributed by atoms with Gasteiger partial charge in [0.15, 0.2) is 9.84 Å². The number of benzene rings is 2. The number of non-ortho nitro benzene ring substituents is 1. The first-order chi connectivity index (χ1) is 14.4. The summed E-state index contributed by atoms with van der Waals surface area (Å²) in [5.41, 5.74) is 1.24. The van der Waals surface area contributed by atoms with Crippen LogP contribution in [0.25, 0.3) is 0 Å². The van der Waals surface area contributed by atoms with E-state index in [9.17, 15) is 23.3 Å². The molecule has 1 saturated carbocycles. The lowest BCUT2D eigenvalue weighted by Gasteiger charge is -2.13. The van der Waals surface area contributed by atoms with E-state index < -0.39 is 14.8 Å². The number of rotatable bonds is 9. The van der Waals surface area contributed by atoms with Crippen LogP contribution in [0.2, 0.25) is 0 Å². The summed E-state index contributed by atoms with van der Waals surface area (Å²) >= 11 is 0. The van der Waals surface area contributed by atoms with E-state index in [2.05, 4.69) is 10.6 Å². The summed E-state index contributed by atoms with van der Waals surface area (Å²) in [5, 5.41) is 16.2. The Morgan fingerprint density at radius 1 is 1.07 bits per heavy atom. The summed E-state index contributed by atoms with van der Waals surface area (Å²) in [6.07, 6.45) is 4.09. The molecule has 8 nitrogen and oxygen atoms in total. The van der Waals surface area contributed by atoms with E-state index in [0.717, 1.165) is 18.5 Å². The Kier molecular flexibility index (Phi) is 7.04. The predicted octanol–water partition coefficient (Wildman–Crippen LogP) is 4.14. The average molecular weight is 432 g/mol. The van der Waals surface area contributed by atoms with Crippen LogP contribution in [0.4, 0.5) is 17.1 Å². The van der Waals surface area contributed by atoms with Crippen molar-refractivity contribution in [3.05, 3.63) is 58.6 Å². The van der Waals surface area contributed by atoms with Crippen molar-refractivity contribution in [3.63, 3.8) is 0 Å². The van der Waals surface area contributed by atoms with Gasteiger partial charge in [0.2, 0.25) is 5.91 Å². The third kappa shape index (κ3) is 5.56. The molecule has 0 saturated heterocycles. The molecule has 1 fully saturated rings. The van der Waals surface area contributed by atoms with E-state index >= 15 is 0 Å². The highest BCUT2D eigenvalue weighted by Gasteiger charge is 2.30. The standard InChI is InChI=1S/C21H25N3O5S/c25-21(9-4-14-22-16-10-12-18(13-11-16)24(26)27)23-17-5-3-8-20(15-17)30(28,29)19-6-1-2-7-19/h3,5,8,10-13,15,19,22H,1-2,4,6-7,9,14H2,(H,23,25). The number of carbonyl (C=O) groups excluding carboxylic acids is 1. The van der Waals surface area contributed by atoms with Gasteiger partial charge in [-0.15, -0.1) is 0 Å². The van der Waals surface area contributed by atoms with E-state index in [1.165, 1.54) is 18.2 Å². The molecule has 0 atom stereocenters. The summed E-state index contributed by atoms with van der Waals surface area (Å²) in [6.45, 7) is 0.529. The van der Waals surface area contributed by atoms with E-state index in [1.807, 2.05) is 0 Å². The maximum atomic E-state index is 12.7. The zero-order chi connectivity index (χ0) is 21.6. The summed E-state index contributed by atoms with van der Waals surface area (Å²) in [7, 11) is -3.36. The first-order valence-electron chi connectivity index (χ1n) is 9.98. The Hall–Kier alpha value is -2.94. The minimum absolute atomic E-state index is 0.0251. The molecule has 160 valence electrons. The van der Waals surface area contributed by atoms with E-state index in [4.69, 9.17) is 0 Å². The van der Waals surface area contributed by atoms with Crippen LogP contribution in [-0.4, -0.2) is 31.0 Å². The summed E-state index contributed by atoms with van der Waals surface area (Å²) in [4.78, 5) is 22.6. The van der Waals surface area contributed by atoms with E-state index in [-0.39, 0.29) is 28.2 Å². The molecule has 1 aliphatic rings. The number of nitrogens with zero attached hydrogens (tertiary/aromatic N) is 1. The SMILES string of the molecule is O=C(CCCNc1ccc([N+](=O)[O-])cc1)Nc1cccc(S(=O)(=O)C2CCCC2)c1. The van der Waals surface area contributed by atoms with Gasteiger partial charge in [-0.25, -0.2) is 8.42 Å². The molecule has 1 amide bonds. The smallest absolute Gasteiger partial charge is 0.269 e. The number of hydrogen-bond acceptors (Lipinski definition) is 6. The van der Waals surface area contributed by atoms with Gasteiger partial charge in [0.25, 0.3) is 5.69 Å². The van der Waals surface area contributed by atoms with E-state index in [0.29, 0.717) is 31.5 Å². The molecule has 2 aromatic carbocycles. The zero-order valence-electron chi connectivity index (χ0n) is 16.5. The van der Waals surface area contributed by atoms with Gasteiger partial charge in [-0.3, -0.25) is 14.9 Å². The van der Waals surface area contributed by atoms with Crippen molar-refractivity contribution in [3.8, 4) is 0 Å². The normalized spacial score (nSPS) is 14.4. The molecule has 3 rings (SSSR count). The highest BCUT2D eigenvalue weighted by atomic mass is 32.2. The Morgan fingerprint density at radius 2 is 1.77 bits per heavy atom. The van der Waals surface area contributed by atoms with Crippen LogP contribution in [0.3, 0.4) is 0 Å². The van der Waals surface area contributed by atoms with Crippen molar-refractivity contribution in [1.29, 1.82) is 0 Å². The number of nitrogens with one attached hydrogen (secondary N) is 2. The maximum absolute atomic E-state index is 12.7. The predicted molar refractivity (Wildman–Crippen MR) is 115 cm³/mol. The number of carbonyl (C=O) groups is 1. The van der Waals surface area contributed by atoms with Gasteiger partial charge < -0.3 is 10.6 Å². The third-order valence-corrected chi connectivity index (χ3v) is 7.44. The van der Waals surface area contributed by atoms with Crippen molar-refractivity contribution in [2.24, 2.45) is 0 Å². The largest absolute Gasteiger partial charge is 0.385 e. The van der Waals surface area contributed by atoms with Gasteiger partial charge in [0.05, 0.1) is 15.1 Å². The van der Waals surface area contributed by atoms with Crippen LogP contribution in [0, 0.1) is 10.1 Å². The lowest BCUT2D eigenvalue weighted by Crippen LogP contribution is -2.18. The second-order valence-electron chi connectivity index (χ2n) is 7.36. The lowest BCUT2D eigenvalue weighted by atomic mass is 10.2. The lowest BCUT2D eigenvalue weighted by molar-refractivity contribution is -0.384. The summed E-state index contributed by atoms with van der Waals surface area (Å²) in [6, 6.07) is 12.5. The molecular formula is C21H25N3O5S. The van der Waals surface area contributed by atoms with Gasteiger partial charge >= 0.3 is 0 Å². The van der Waals surface area contributed by atoms with Gasteiger partial charge in [0.1, 0.15) is 0 Å². The Labute approximate surface area is 175 Å². The van der Waals surface area contributed by atoms with Crippen LogP contribution in [0.15, 0.2) is 53.4 Å². The Balaban J connectivity index is 1.47. The van der Waals surface area contributed by atoms with Gasteiger partial charge in [-0.2, -0.15) is 0 Å². The molecule has 0 aliphatic heterocycles. The minimum atomic E-state index is -3.36. The van der Waals surface area contributed by atoms with Gasteiger partial charge in [0, 0.05) is 36.5 Å². The molecule has 9 heteroatoms. The number of sulfone groups is 1. The monoisotopic (exact) mass is 431 g/mol. The molecule has 0 bridgehead atoms. The zero-order valence-corrected chi connectivity index (χ0v) is 17.4. The number of hydrogen-bond donors (Lipinski definition) is 2. The number of anilines is 2. The quantitative estimate of drug-likeness (QED) is 0.350. The molecule has 0 spiro atoms. The number of nitro groups is 1. The molecule has 30 heavy (non-hydrogen) atoms. The van der Waals surface area contributed by atoms with Gasteiger partial charge in [-0.05, 0) is 49.6 Å². The molecule has 0 aromatic heterocycles. The minimum Gasteiger partial charge on any atom is -0.385 e. The van der Waals surface area contributed by atoms with Crippen LogP contribution in [-0.2, 0) is 14.6 Å². The molecule has 0 radical (unpaired) electrons. The molecule has 0 unspecified atom stereocenters. The fraction of sp³-hybridized carbons (Fsp3) is 0.381. The fourth-order valence-corrected chi connectivity index (χ4v) is 5.45. The fourth-order valence-electron chi connectivity index (χ4n) is 3.55. The van der Waals surface area contributed by atoms with Crippen molar-refractivity contribution in [2.75, 3.05) is 17.2 Å². The number of amides is 1. The molecule has 2 N–H and O–H groups in total. The molecular weight excluding hydrogens is 406 g/mol. The molecule has 2 aromatic rings. The second-order valence-corrected chi connectivity index (χ2v) is 9.59. The highest BCUT2D eigenvalue weighted by molar-refractivity contribution is 7.92. The van der Waals surface area contributed by atoms with Crippen LogP contribution >= 0.6 is 0 Å². The topological polar surface area (TPSA) is 118 Å². The average Bonchev–Trinajstić information content (AvgIpc) is 3.27. The van der Waals surface area contributed by atoms with Crippen molar-refractivity contribution >= 4 is 32.8 Å². The summed E-state index contributed by atoms with van der Waals surface area (Å²) in [5.74, 6) is -0.198. The molecule has 0 heterocycles. The number of nitro benzene ring substituents is 1. The Morgan fingerprint density at radius 3 is 2.43 bits per heavy atom. The van der Waals surface area contributed by atoms with Crippen LogP contribution in [0.5, 0.6) is 0 Å². The molecule has 1 aliphatic carbocycles. The summed E-state index contributed by atoms with van der Waals surface area (Å²) < 4.78 is 25.4. The van der Waals surface area contributed by atoms with Crippen molar-refractivity contribution in [2.45, 2.75) is 48.7 Å². The first-order valence-corrected chi connectivity index (χ1v) is 11.5. The highest BCUT2D eigenvalue weighted by Crippen LogP contribution is 2.30. The van der Waals surface area contributed by atoms with Gasteiger partial charge in [-0.1, -0.05) is 18.9 Å². The van der Waals surface area contributed by atoms with Crippen molar-refractivity contribution in [1.82, 2.24) is 0 Å². The third-order valence-electron chi connectivity index (χ3n) is 5.18. The van der Waals surface area contributed by atoms with Crippen LogP contribution < -0.4 is 10.6 Å². The van der Waals surface area contributed by atoms with Crippen LogP contribution in [0.1, 0.15) is 38.5 Å². The second kappa shape index (κ2) is 9.71. The van der Waals surface area contributed by atoms with Crippen molar-refractivity contribution < 1.29 is 18.1 Å². The van der Waals surface area contributed by atoms with E-state index in [1.54, 1.807) is 30.3 Å².